The Morgan fingerprint density at radius 2 is 1.00 bits per heavy atom. The van der Waals surface area contributed by atoms with Crippen LogP contribution in [-0.4, -0.2) is 17.7 Å². The van der Waals surface area contributed by atoms with Crippen molar-refractivity contribution in [2.24, 2.45) is 0 Å². The molecule has 1 heterocycles. The molecule has 0 saturated carbocycles. The van der Waals surface area contributed by atoms with Crippen LogP contribution in [0.4, 0.5) is 5.69 Å². The first-order valence-electron chi connectivity index (χ1n) is 14.9. The van der Waals surface area contributed by atoms with E-state index in [1.54, 1.807) is 0 Å². The molecule has 4 heteroatoms. The van der Waals surface area contributed by atoms with Gasteiger partial charge in [-0.25, -0.2) is 0 Å². The molecule has 0 bridgehead atoms. The summed E-state index contributed by atoms with van der Waals surface area (Å²) in [6.07, 6.45) is 16.2. The Morgan fingerprint density at radius 3 is 1.47 bits per heavy atom. The molecule has 1 aromatic heterocycles. The van der Waals surface area contributed by atoms with Crippen molar-refractivity contribution in [3.63, 3.8) is 0 Å². The zero-order chi connectivity index (χ0) is 26.7. The topological polar surface area (TPSA) is 8.17 Å². The summed E-state index contributed by atoms with van der Waals surface area (Å²) in [5.41, 5.74) is 5.04. The van der Waals surface area contributed by atoms with Crippen LogP contribution in [0.1, 0.15) is 90.9 Å². The number of halogens is 2. The summed E-state index contributed by atoms with van der Waals surface area (Å²) >= 11 is 7.40. The van der Waals surface area contributed by atoms with Gasteiger partial charge in [0.2, 0.25) is 0 Å². The number of nitrogens with zero attached hydrogens (tertiary/aromatic N) is 2. The lowest BCUT2D eigenvalue weighted by atomic mass is 10.1. The quantitative estimate of drug-likeness (QED) is 0.111. The molecule has 0 radical (unpaired) electrons. The smallest absolute Gasteiger partial charge is 0.0552 e. The first kappa shape index (κ1) is 29.2. The lowest BCUT2D eigenvalue weighted by Crippen LogP contribution is -2.25. The van der Waals surface area contributed by atoms with E-state index in [1.807, 2.05) is 0 Å². The highest BCUT2D eigenvalue weighted by atomic mass is 79.9. The molecule has 0 amide bonds. The van der Waals surface area contributed by atoms with Crippen LogP contribution < -0.4 is 4.90 Å². The number of fused-ring (bicyclic) bond motifs is 3. The number of hydrogen-bond acceptors (Lipinski definition) is 1. The van der Waals surface area contributed by atoms with Gasteiger partial charge < -0.3 is 9.47 Å². The third-order valence-electron chi connectivity index (χ3n) is 7.73. The van der Waals surface area contributed by atoms with E-state index in [1.165, 1.54) is 110 Å². The SMILES string of the molecule is CCCCCCCCN(CCCCCCCC)c1ccc(-n2c3cc(Br)ccc3c3ccc(Br)cc32)cc1. The van der Waals surface area contributed by atoms with Gasteiger partial charge in [-0.15, -0.1) is 0 Å². The summed E-state index contributed by atoms with van der Waals surface area (Å²) in [6.45, 7) is 6.91. The molecule has 4 aromatic rings. The fourth-order valence-corrected chi connectivity index (χ4v) is 6.29. The first-order chi connectivity index (χ1) is 18.6. The van der Waals surface area contributed by atoms with Crippen LogP contribution in [0, 0.1) is 0 Å². The Morgan fingerprint density at radius 1 is 0.553 bits per heavy atom. The third kappa shape index (κ3) is 7.66. The van der Waals surface area contributed by atoms with E-state index in [9.17, 15) is 0 Å². The molecular weight excluding hydrogens is 596 g/mol. The van der Waals surface area contributed by atoms with Gasteiger partial charge in [0.1, 0.15) is 0 Å². The van der Waals surface area contributed by atoms with E-state index >= 15 is 0 Å². The predicted octanol–water partition coefficient (Wildman–Crippen LogP) is 11.8. The molecule has 0 atom stereocenters. The van der Waals surface area contributed by atoms with Gasteiger partial charge in [0.15, 0.2) is 0 Å². The van der Waals surface area contributed by atoms with Crippen LogP contribution in [0.15, 0.2) is 69.6 Å². The lowest BCUT2D eigenvalue weighted by molar-refractivity contribution is 0.575. The summed E-state index contributed by atoms with van der Waals surface area (Å²) in [6, 6.07) is 22.5. The van der Waals surface area contributed by atoms with Crippen LogP contribution in [0.5, 0.6) is 0 Å². The minimum atomic E-state index is 1.11. The number of hydrogen-bond donors (Lipinski definition) is 0. The van der Waals surface area contributed by atoms with Gasteiger partial charge in [-0.2, -0.15) is 0 Å². The molecule has 2 nitrogen and oxygen atoms in total. The standard InChI is InChI=1S/C34H44Br2N2/c1-3-5-7-9-11-13-23-37(24-14-12-10-8-6-4-2)29-17-19-30(20-18-29)38-33-25-27(35)15-21-31(33)32-22-16-28(36)26-34(32)38/h15-22,25-26H,3-14,23-24H2,1-2H3. The van der Waals surface area contributed by atoms with Crippen molar-refractivity contribution in [2.75, 3.05) is 18.0 Å². The van der Waals surface area contributed by atoms with Crippen molar-refractivity contribution in [1.29, 1.82) is 0 Å². The maximum atomic E-state index is 3.70. The van der Waals surface area contributed by atoms with Crippen molar-refractivity contribution in [1.82, 2.24) is 4.57 Å². The molecule has 0 spiro atoms. The van der Waals surface area contributed by atoms with Gasteiger partial charge in [0, 0.05) is 44.2 Å². The van der Waals surface area contributed by atoms with Crippen LogP contribution in [0.25, 0.3) is 27.5 Å². The van der Waals surface area contributed by atoms with E-state index in [4.69, 9.17) is 0 Å². The largest absolute Gasteiger partial charge is 0.372 e. The van der Waals surface area contributed by atoms with E-state index in [-0.39, 0.29) is 0 Å². The van der Waals surface area contributed by atoms with Gasteiger partial charge in [-0.3, -0.25) is 0 Å². The van der Waals surface area contributed by atoms with Gasteiger partial charge in [-0.05, 0) is 61.4 Å². The maximum Gasteiger partial charge on any atom is 0.0552 e. The molecule has 204 valence electrons. The highest BCUT2D eigenvalue weighted by molar-refractivity contribution is 9.10. The second-order valence-electron chi connectivity index (χ2n) is 10.7. The summed E-state index contributed by atoms with van der Waals surface area (Å²) in [7, 11) is 0. The fraction of sp³-hybridized carbons (Fsp3) is 0.471. The number of anilines is 1. The molecule has 38 heavy (non-hydrogen) atoms. The van der Waals surface area contributed by atoms with Gasteiger partial charge in [-0.1, -0.05) is 122 Å². The van der Waals surface area contributed by atoms with Crippen molar-refractivity contribution in [3.8, 4) is 5.69 Å². The fourth-order valence-electron chi connectivity index (χ4n) is 5.59. The van der Waals surface area contributed by atoms with Crippen LogP contribution in [-0.2, 0) is 0 Å². The minimum absolute atomic E-state index is 1.11. The number of benzene rings is 3. The Hall–Kier alpha value is -1.78. The molecule has 0 N–H and O–H groups in total. The average molecular weight is 641 g/mol. The maximum absolute atomic E-state index is 3.70. The van der Waals surface area contributed by atoms with Crippen molar-refractivity contribution in [3.05, 3.63) is 69.6 Å². The van der Waals surface area contributed by atoms with Gasteiger partial charge in [0.25, 0.3) is 0 Å². The normalized spacial score (nSPS) is 11.6. The molecule has 0 aliphatic carbocycles. The van der Waals surface area contributed by atoms with Crippen LogP contribution in [0.2, 0.25) is 0 Å². The number of unbranched alkanes of at least 4 members (excludes halogenated alkanes) is 10. The van der Waals surface area contributed by atoms with E-state index in [0.29, 0.717) is 0 Å². The van der Waals surface area contributed by atoms with E-state index in [0.717, 1.165) is 22.0 Å². The number of aromatic nitrogens is 1. The highest BCUT2D eigenvalue weighted by Crippen LogP contribution is 2.35. The number of rotatable bonds is 16. The Bertz CT molecular complexity index is 1200. The molecule has 3 aromatic carbocycles. The van der Waals surface area contributed by atoms with Gasteiger partial charge in [0.05, 0.1) is 11.0 Å². The highest BCUT2D eigenvalue weighted by Gasteiger charge is 2.14. The van der Waals surface area contributed by atoms with E-state index in [2.05, 4.69) is 116 Å². The minimum Gasteiger partial charge on any atom is -0.372 e. The molecule has 0 unspecified atom stereocenters. The third-order valence-corrected chi connectivity index (χ3v) is 8.71. The lowest BCUT2D eigenvalue weighted by Gasteiger charge is -2.25. The van der Waals surface area contributed by atoms with Crippen LogP contribution in [0.3, 0.4) is 0 Å². The Kier molecular flexibility index (Phi) is 11.6. The van der Waals surface area contributed by atoms with Crippen molar-refractivity contribution >= 4 is 59.4 Å². The second-order valence-corrected chi connectivity index (χ2v) is 12.5. The Balaban J connectivity index is 1.54. The molecule has 0 saturated heterocycles. The van der Waals surface area contributed by atoms with E-state index < -0.39 is 0 Å². The summed E-state index contributed by atoms with van der Waals surface area (Å²) in [5, 5.41) is 2.57. The molecular formula is C34H44Br2N2. The van der Waals surface area contributed by atoms with Crippen LogP contribution >= 0.6 is 31.9 Å². The first-order valence-corrected chi connectivity index (χ1v) is 16.5. The molecule has 4 rings (SSSR count). The second kappa shape index (κ2) is 15.1. The zero-order valence-corrected chi connectivity index (χ0v) is 26.5. The summed E-state index contributed by atoms with van der Waals surface area (Å²) in [5.74, 6) is 0. The molecule has 0 fully saturated rings. The van der Waals surface area contributed by atoms with Crippen molar-refractivity contribution < 1.29 is 0 Å². The zero-order valence-electron chi connectivity index (χ0n) is 23.3. The Labute approximate surface area is 247 Å². The monoisotopic (exact) mass is 638 g/mol. The summed E-state index contributed by atoms with van der Waals surface area (Å²) in [4.78, 5) is 2.64. The van der Waals surface area contributed by atoms with Crippen molar-refractivity contribution in [2.45, 2.75) is 90.9 Å². The molecule has 0 aliphatic rings. The average Bonchev–Trinajstić information content (AvgIpc) is 3.23. The summed E-state index contributed by atoms with van der Waals surface area (Å²) < 4.78 is 4.61. The predicted molar refractivity (Wildman–Crippen MR) is 175 cm³/mol. The van der Waals surface area contributed by atoms with Gasteiger partial charge >= 0.3 is 0 Å². The molecule has 0 aliphatic heterocycles.